The summed E-state index contributed by atoms with van der Waals surface area (Å²) in [6.07, 6.45) is 0. The van der Waals surface area contributed by atoms with Crippen molar-refractivity contribution in [1.82, 2.24) is 19.4 Å². The van der Waals surface area contributed by atoms with Crippen molar-refractivity contribution < 1.29 is 0 Å². The van der Waals surface area contributed by atoms with Gasteiger partial charge in [-0.15, -0.1) is 0 Å². The van der Waals surface area contributed by atoms with Crippen LogP contribution < -0.4 is 5.73 Å². The highest BCUT2D eigenvalue weighted by molar-refractivity contribution is 9.10. The molecule has 2 rings (SSSR count). The zero-order chi connectivity index (χ0) is 14.9. The molecule has 0 saturated carbocycles. The average Bonchev–Trinajstić information content (AvgIpc) is 2.68. The summed E-state index contributed by atoms with van der Waals surface area (Å²) in [6, 6.07) is 0.830. The first-order valence-corrected chi connectivity index (χ1v) is 8.11. The molecule has 1 aromatic rings. The minimum atomic E-state index is 0.207. The van der Waals surface area contributed by atoms with Crippen LogP contribution in [0.25, 0.3) is 0 Å². The van der Waals surface area contributed by atoms with E-state index in [9.17, 15) is 0 Å². The molecule has 6 heteroatoms. The molecule has 0 bridgehead atoms. The van der Waals surface area contributed by atoms with Crippen LogP contribution in [0.15, 0.2) is 4.60 Å². The van der Waals surface area contributed by atoms with Crippen LogP contribution in [0.4, 0.5) is 0 Å². The number of nitrogens with zero attached hydrogens (tertiary/aromatic N) is 4. The van der Waals surface area contributed by atoms with Crippen molar-refractivity contribution in [3.8, 4) is 0 Å². The Bertz CT molecular complexity index is 449. The third kappa shape index (κ3) is 3.08. The number of nitrogens with two attached hydrogens (primary N) is 1. The van der Waals surface area contributed by atoms with Gasteiger partial charge in [-0.2, -0.15) is 0 Å². The first-order chi connectivity index (χ1) is 9.45. The van der Waals surface area contributed by atoms with Crippen LogP contribution in [0.1, 0.15) is 31.4 Å². The number of piperazine rings is 1. The monoisotopic (exact) mass is 343 g/mol. The molecular formula is C14H26BrN5. The van der Waals surface area contributed by atoms with E-state index < -0.39 is 0 Å². The van der Waals surface area contributed by atoms with Gasteiger partial charge < -0.3 is 10.3 Å². The van der Waals surface area contributed by atoms with Crippen molar-refractivity contribution >= 4 is 15.9 Å². The zero-order valence-corrected chi connectivity index (χ0v) is 14.5. The van der Waals surface area contributed by atoms with Crippen molar-refractivity contribution in [2.24, 2.45) is 12.8 Å². The van der Waals surface area contributed by atoms with Gasteiger partial charge >= 0.3 is 0 Å². The van der Waals surface area contributed by atoms with Gasteiger partial charge in [0.15, 0.2) is 0 Å². The van der Waals surface area contributed by atoms with Crippen LogP contribution >= 0.6 is 15.9 Å². The van der Waals surface area contributed by atoms with Crippen LogP contribution in [0.3, 0.4) is 0 Å². The van der Waals surface area contributed by atoms with E-state index >= 15 is 0 Å². The molecule has 0 amide bonds. The van der Waals surface area contributed by atoms with Gasteiger partial charge in [-0.05, 0) is 36.7 Å². The lowest BCUT2D eigenvalue weighted by molar-refractivity contribution is 0.0788. The van der Waals surface area contributed by atoms with Gasteiger partial charge in [-0.25, -0.2) is 4.98 Å². The third-order valence-electron chi connectivity index (χ3n) is 4.33. The number of aryl methyl sites for hydroxylation is 1. The number of imidazole rings is 1. The van der Waals surface area contributed by atoms with Gasteiger partial charge in [0.05, 0.1) is 11.7 Å². The van der Waals surface area contributed by atoms with E-state index in [4.69, 9.17) is 10.7 Å². The molecule has 114 valence electrons. The molecule has 1 aromatic heterocycles. The van der Waals surface area contributed by atoms with Crippen LogP contribution in [-0.2, 0) is 7.05 Å². The Labute approximate surface area is 130 Å². The fourth-order valence-corrected chi connectivity index (χ4v) is 3.43. The van der Waals surface area contributed by atoms with Crippen molar-refractivity contribution in [3.63, 3.8) is 0 Å². The van der Waals surface area contributed by atoms with Gasteiger partial charge in [-0.3, -0.25) is 9.80 Å². The summed E-state index contributed by atoms with van der Waals surface area (Å²) < 4.78 is 3.12. The number of halogens is 1. The molecule has 0 radical (unpaired) electrons. The largest absolute Gasteiger partial charge is 0.329 e. The van der Waals surface area contributed by atoms with Crippen LogP contribution in [0.5, 0.6) is 0 Å². The summed E-state index contributed by atoms with van der Waals surface area (Å²) in [5.74, 6) is 1.02. The van der Waals surface area contributed by atoms with E-state index in [0.717, 1.165) is 42.3 Å². The molecule has 0 aliphatic carbocycles. The summed E-state index contributed by atoms with van der Waals surface area (Å²) in [5, 5.41) is 0. The van der Waals surface area contributed by atoms with Gasteiger partial charge in [0, 0.05) is 45.8 Å². The van der Waals surface area contributed by atoms with E-state index in [0.29, 0.717) is 12.6 Å². The fraction of sp³-hybridized carbons (Fsp3) is 0.786. The summed E-state index contributed by atoms with van der Waals surface area (Å²) in [7, 11) is 2.03. The summed E-state index contributed by atoms with van der Waals surface area (Å²) in [5.41, 5.74) is 7.11. The molecule has 2 N–H and O–H groups in total. The number of aromatic nitrogens is 2. The summed E-state index contributed by atoms with van der Waals surface area (Å²) in [4.78, 5) is 9.67. The molecule has 1 fully saturated rings. The zero-order valence-electron chi connectivity index (χ0n) is 12.9. The lowest BCUT2D eigenvalue weighted by Gasteiger charge is -2.40. The second kappa shape index (κ2) is 6.56. The number of hydrogen-bond acceptors (Lipinski definition) is 4. The molecule has 1 aliphatic rings. The predicted octanol–water partition coefficient (Wildman–Crippen LogP) is 1.52. The maximum absolute atomic E-state index is 6.03. The topological polar surface area (TPSA) is 50.3 Å². The van der Waals surface area contributed by atoms with E-state index in [1.807, 2.05) is 14.0 Å². The lowest BCUT2D eigenvalue weighted by atomic mass is 10.1. The Morgan fingerprint density at radius 1 is 1.20 bits per heavy atom. The van der Waals surface area contributed by atoms with Crippen LogP contribution in [-0.4, -0.2) is 58.1 Å². The Hall–Kier alpha value is -0.430. The van der Waals surface area contributed by atoms with Crippen molar-refractivity contribution in [3.05, 3.63) is 16.1 Å². The molecule has 1 saturated heterocycles. The van der Waals surface area contributed by atoms with Gasteiger partial charge in [0.2, 0.25) is 0 Å². The Morgan fingerprint density at radius 2 is 1.75 bits per heavy atom. The molecule has 0 spiro atoms. The fourth-order valence-electron chi connectivity index (χ4n) is 2.82. The summed E-state index contributed by atoms with van der Waals surface area (Å²) >= 11 is 3.65. The van der Waals surface area contributed by atoms with Crippen LogP contribution in [0.2, 0.25) is 0 Å². The highest BCUT2D eigenvalue weighted by Gasteiger charge is 2.28. The van der Waals surface area contributed by atoms with Crippen molar-refractivity contribution in [1.29, 1.82) is 0 Å². The molecule has 1 aliphatic heterocycles. The first-order valence-electron chi connectivity index (χ1n) is 7.32. The predicted molar refractivity (Wildman–Crippen MR) is 85.7 cm³/mol. The minimum absolute atomic E-state index is 0.207. The second-order valence-corrected chi connectivity index (χ2v) is 6.56. The quantitative estimate of drug-likeness (QED) is 0.900. The highest BCUT2D eigenvalue weighted by atomic mass is 79.9. The Morgan fingerprint density at radius 3 is 2.15 bits per heavy atom. The Balaban J connectivity index is 2.11. The molecule has 0 aromatic carbocycles. The highest BCUT2D eigenvalue weighted by Crippen LogP contribution is 2.28. The Kier molecular flexibility index (Phi) is 5.23. The SMILES string of the molecule is Cc1nc(C(CN)N2CCN(C(C)C)CC2)c(Br)n1C. The molecule has 1 unspecified atom stereocenters. The molecule has 1 atom stereocenters. The first kappa shape index (κ1) is 15.9. The maximum Gasteiger partial charge on any atom is 0.109 e. The molecule has 2 heterocycles. The minimum Gasteiger partial charge on any atom is -0.329 e. The molecule has 5 nitrogen and oxygen atoms in total. The van der Waals surface area contributed by atoms with Gasteiger partial charge in [0.1, 0.15) is 10.4 Å². The van der Waals surface area contributed by atoms with E-state index in [-0.39, 0.29) is 6.04 Å². The normalized spacial score (nSPS) is 19.8. The maximum atomic E-state index is 6.03. The average molecular weight is 344 g/mol. The molecular weight excluding hydrogens is 318 g/mol. The van der Waals surface area contributed by atoms with E-state index in [2.05, 4.69) is 44.1 Å². The number of hydrogen-bond donors (Lipinski definition) is 1. The van der Waals surface area contributed by atoms with Crippen molar-refractivity contribution in [2.75, 3.05) is 32.7 Å². The summed E-state index contributed by atoms with van der Waals surface area (Å²) in [6.45, 7) is 11.5. The third-order valence-corrected chi connectivity index (χ3v) is 5.27. The standard InChI is InChI=1S/C14H26BrN5/c1-10(2)19-5-7-20(8-6-19)12(9-16)13-14(15)18(4)11(3)17-13/h10,12H,5-9,16H2,1-4H3. The van der Waals surface area contributed by atoms with E-state index in [1.165, 1.54) is 0 Å². The molecule has 20 heavy (non-hydrogen) atoms. The van der Waals surface area contributed by atoms with Crippen molar-refractivity contribution in [2.45, 2.75) is 32.9 Å². The second-order valence-electron chi connectivity index (χ2n) is 5.81. The van der Waals surface area contributed by atoms with E-state index in [1.54, 1.807) is 0 Å². The lowest BCUT2D eigenvalue weighted by Crippen LogP contribution is -2.51. The smallest absolute Gasteiger partial charge is 0.109 e. The van der Waals surface area contributed by atoms with Gasteiger partial charge in [0.25, 0.3) is 0 Å². The van der Waals surface area contributed by atoms with Crippen LogP contribution in [0, 0.1) is 6.92 Å². The van der Waals surface area contributed by atoms with Gasteiger partial charge in [-0.1, -0.05) is 0 Å². The number of rotatable bonds is 4.